The van der Waals surface area contributed by atoms with Gasteiger partial charge in [-0.15, -0.1) is 0 Å². The number of rotatable bonds is 8. The Labute approximate surface area is 218 Å². The van der Waals surface area contributed by atoms with E-state index in [-0.39, 0.29) is 17.7 Å². The molecule has 37 heavy (non-hydrogen) atoms. The summed E-state index contributed by atoms with van der Waals surface area (Å²) in [5, 5.41) is 0.928. The van der Waals surface area contributed by atoms with E-state index in [0.717, 1.165) is 60.2 Å². The number of nitrogen functional groups attached to an aromatic ring is 1. The first-order valence-corrected chi connectivity index (χ1v) is 13.4. The maximum atomic E-state index is 13.8. The van der Waals surface area contributed by atoms with Crippen LogP contribution in [0.2, 0.25) is 0 Å². The van der Waals surface area contributed by atoms with Gasteiger partial charge in [-0.3, -0.25) is 9.59 Å². The molecule has 1 saturated carbocycles. The summed E-state index contributed by atoms with van der Waals surface area (Å²) in [6.07, 6.45) is 4.11. The Hall–Kier alpha value is -3.61. The molecule has 1 aliphatic carbocycles. The largest absolute Gasteiger partial charge is 0.383 e. The van der Waals surface area contributed by atoms with Crippen LogP contribution in [0.1, 0.15) is 54.1 Å². The Morgan fingerprint density at radius 3 is 2.41 bits per heavy atom. The molecule has 2 amide bonds. The third-order valence-corrected chi connectivity index (χ3v) is 8.09. The minimum Gasteiger partial charge on any atom is -0.383 e. The number of hydrogen-bond donors (Lipinski definition) is 2. The molecule has 194 valence electrons. The zero-order chi connectivity index (χ0) is 26.1. The predicted octanol–water partition coefficient (Wildman–Crippen LogP) is 4.52. The van der Waals surface area contributed by atoms with Crippen molar-refractivity contribution in [1.82, 2.24) is 9.88 Å². The number of aromatic nitrogens is 1. The second-order valence-electron chi connectivity index (χ2n) is 10.9. The lowest BCUT2D eigenvalue weighted by Gasteiger charge is -2.32. The van der Waals surface area contributed by atoms with Crippen molar-refractivity contribution in [2.24, 2.45) is 23.5 Å². The van der Waals surface area contributed by atoms with Crippen LogP contribution in [0.5, 0.6) is 0 Å². The van der Waals surface area contributed by atoms with Crippen LogP contribution in [0.25, 0.3) is 10.9 Å². The molecule has 1 aromatic heterocycles. The second kappa shape index (κ2) is 10.4. The fourth-order valence-electron chi connectivity index (χ4n) is 5.45. The summed E-state index contributed by atoms with van der Waals surface area (Å²) < 4.78 is 0. The first-order chi connectivity index (χ1) is 17.8. The molecule has 2 aromatic carbocycles. The number of anilines is 2. The Bertz CT molecular complexity index is 1290. The lowest BCUT2D eigenvalue weighted by molar-refractivity contribution is -0.122. The van der Waals surface area contributed by atoms with Crippen molar-refractivity contribution in [2.45, 2.75) is 46.1 Å². The number of piperidine rings is 1. The number of carbonyl (C=O) groups excluding carboxylic acids is 2. The summed E-state index contributed by atoms with van der Waals surface area (Å²) in [4.78, 5) is 34.0. The highest BCUT2D eigenvalue weighted by atomic mass is 16.2. The fourth-order valence-corrected chi connectivity index (χ4v) is 5.45. The first-order valence-electron chi connectivity index (χ1n) is 13.4. The number of pyridine rings is 1. The van der Waals surface area contributed by atoms with Crippen molar-refractivity contribution in [1.29, 1.82) is 0 Å². The number of fused-ring (bicyclic) bond motifs is 1. The summed E-state index contributed by atoms with van der Waals surface area (Å²) >= 11 is 0. The van der Waals surface area contributed by atoms with E-state index in [1.165, 1.54) is 12.8 Å². The highest BCUT2D eigenvalue weighted by molar-refractivity contribution is 5.98. The van der Waals surface area contributed by atoms with E-state index in [4.69, 9.17) is 11.5 Å². The van der Waals surface area contributed by atoms with Gasteiger partial charge in [-0.1, -0.05) is 19.1 Å². The molecule has 2 aliphatic rings. The van der Waals surface area contributed by atoms with Crippen LogP contribution in [0, 0.1) is 24.7 Å². The Kier molecular flexibility index (Phi) is 7.04. The number of carbonyl (C=O) groups is 2. The zero-order valence-electron chi connectivity index (χ0n) is 21.8. The minimum atomic E-state index is -0.192. The van der Waals surface area contributed by atoms with Gasteiger partial charge < -0.3 is 21.3 Å². The number of benzene rings is 2. The summed E-state index contributed by atoms with van der Waals surface area (Å²) in [6, 6.07) is 16.2. The molecular weight excluding hydrogens is 462 g/mol. The van der Waals surface area contributed by atoms with Gasteiger partial charge in [0.25, 0.3) is 5.91 Å². The van der Waals surface area contributed by atoms with Gasteiger partial charge in [-0.25, -0.2) is 4.98 Å². The Balaban J connectivity index is 1.33. The van der Waals surface area contributed by atoms with E-state index < -0.39 is 0 Å². The lowest BCUT2D eigenvalue weighted by Crippen LogP contribution is -2.38. The highest BCUT2D eigenvalue weighted by Crippen LogP contribution is 2.37. The predicted molar refractivity (Wildman–Crippen MR) is 148 cm³/mol. The van der Waals surface area contributed by atoms with E-state index in [0.29, 0.717) is 29.8 Å². The Morgan fingerprint density at radius 1 is 1.05 bits per heavy atom. The molecule has 1 atom stereocenters. The van der Waals surface area contributed by atoms with Gasteiger partial charge in [0, 0.05) is 48.7 Å². The molecule has 1 saturated heterocycles. The average Bonchev–Trinajstić information content (AvgIpc) is 3.75. The minimum absolute atomic E-state index is 0.0179. The van der Waals surface area contributed by atoms with Gasteiger partial charge >= 0.3 is 0 Å². The third-order valence-electron chi connectivity index (χ3n) is 8.09. The quantitative estimate of drug-likeness (QED) is 0.474. The highest BCUT2D eigenvalue weighted by Gasteiger charge is 2.31. The molecule has 5 rings (SSSR count). The van der Waals surface area contributed by atoms with Gasteiger partial charge in [0.05, 0.1) is 5.52 Å². The molecular formula is C30H37N5O2. The van der Waals surface area contributed by atoms with Crippen LogP contribution in [0.4, 0.5) is 11.5 Å². The standard InChI is InChI=1S/C30H37N5O2/c1-19-15-25-16-24(7-10-27(25)33-28(19)31)30(37)35(17-20(2)22-5-6-22)18-21-3-8-26(9-4-21)34-13-11-23(12-14-34)29(32)36/h3-4,7-10,15-16,20,22-23H,5-6,11-14,17-18H2,1-2H3,(H2,31,33)(H2,32,36)/t20-/m1/s1. The molecule has 2 heterocycles. The summed E-state index contributed by atoms with van der Waals surface area (Å²) in [5.41, 5.74) is 16.1. The van der Waals surface area contributed by atoms with E-state index in [2.05, 4.69) is 41.1 Å². The maximum absolute atomic E-state index is 13.8. The van der Waals surface area contributed by atoms with Crippen molar-refractivity contribution in [3.05, 3.63) is 65.2 Å². The van der Waals surface area contributed by atoms with Crippen molar-refractivity contribution in [2.75, 3.05) is 30.3 Å². The molecule has 0 spiro atoms. The molecule has 4 N–H and O–H groups in total. The molecule has 0 unspecified atom stereocenters. The first kappa shape index (κ1) is 25.1. The van der Waals surface area contributed by atoms with Crippen molar-refractivity contribution in [3.63, 3.8) is 0 Å². The Morgan fingerprint density at radius 2 is 1.76 bits per heavy atom. The smallest absolute Gasteiger partial charge is 0.254 e. The van der Waals surface area contributed by atoms with E-state index in [9.17, 15) is 9.59 Å². The van der Waals surface area contributed by atoms with Gasteiger partial charge in [0.2, 0.25) is 5.91 Å². The SMILES string of the molecule is Cc1cc2cc(C(=O)N(Cc3ccc(N4CCC(C(N)=O)CC4)cc3)C[C@@H](C)C3CC3)ccc2nc1N. The van der Waals surface area contributed by atoms with E-state index in [1.54, 1.807) is 0 Å². The zero-order valence-corrected chi connectivity index (χ0v) is 21.8. The molecule has 0 bridgehead atoms. The van der Waals surface area contributed by atoms with Crippen LogP contribution in [-0.4, -0.2) is 41.3 Å². The van der Waals surface area contributed by atoms with Gasteiger partial charge in [0.1, 0.15) is 5.82 Å². The molecule has 2 fully saturated rings. The number of nitrogens with two attached hydrogens (primary N) is 2. The molecule has 7 nitrogen and oxygen atoms in total. The van der Waals surface area contributed by atoms with E-state index in [1.807, 2.05) is 36.1 Å². The normalized spacial score (nSPS) is 17.1. The number of hydrogen-bond acceptors (Lipinski definition) is 5. The van der Waals surface area contributed by atoms with Crippen LogP contribution in [0.3, 0.4) is 0 Å². The van der Waals surface area contributed by atoms with Crippen LogP contribution >= 0.6 is 0 Å². The molecule has 7 heteroatoms. The number of primary amides is 1. The number of aryl methyl sites for hydroxylation is 1. The second-order valence-corrected chi connectivity index (χ2v) is 10.9. The van der Waals surface area contributed by atoms with Crippen molar-refractivity contribution >= 4 is 34.2 Å². The van der Waals surface area contributed by atoms with Crippen molar-refractivity contribution in [3.8, 4) is 0 Å². The van der Waals surface area contributed by atoms with Crippen LogP contribution in [0.15, 0.2) is 48.5 Å². The van der Waals surface area contributed by atoms with Crippen LogP contribution in [-0.2, 0) is 11.3 Å². The molecule has 1 aliphatic heterocycles. The van der Waals surface area contributed by atoms with Gasteiger partial charge in [-0.05, 0) is 92.0 Å². The summed E-state index contributed by atoms with van der Waals surface area (Å²) in [6.45, 7) is 7.16. The van der Waals surface area contributed by atoms with Crippen molar-refractivity contribution < 1.29 is 9.59 Å². The summed E-state index contributed by atoms with van der Waals surface area (Å²) in [5.74, 6) is 1.54. The average molecular weight is 500 g/mol. The molecule has 0 radical (unpaired) electrons. The fraction of sp³-hybridized carbons (Fsp3) is 0.433. The maximum Gasteiger partial charge on any atom is 0.254 e. The lowest BCUT2D eigenvalue weighted by atomic mass is 9.96. The number of amides is 2. The van der Waals surface area contributed by atoms with Gasteiger partial charge in [-0.2, -0.15) is 0 Å². The monoisotopic (exact) mass is 499 g/mol. The summed E-state index contributed by atoms with van der Waals surface area (Å²) in [7, 11) is 0. The van der Waals surface area contributed by atoms with Gasteiger partial charge in [0.15, 0.2) is 0 Å². The topological polar surface area (TPSA) is 106 Å². The van der Waals surface area contributed by atoms with E-state index >= 15 is 0 Å². The van der Waals surface area contributed by atoms with Crippen LogP contribution < -0.4 is 16.4 Å². The number of nitrogens with zero attached hydrogens (tertiary/aromatic N) is 3. The third kappa shape index (κ3) is 5.71. The molecule has 3 aromatic rings.